The van der Waals surface area contributed by atoms with E-state index in [-0.39, 0.29) is 18.3 Å². The summed E-state index contributed by atoms with van der Waals surface area (Å²) in [4.78, 5) is 25.2. The highest BCUT2D eigenvalue weighted by Crippen LogP contribution is 2.29. The van der Waals surface area contributed by atoms with Crippen molar-refractivity contribution in [2.45, 2.75) is 0 Å². The molecule has 4 rings (SSSR count). The van der Waals surface area contributed by atoms with Gasteiger partial charge in [-0.25, -0.2) is 9.97 Å². The molecule has 0 aliphatic carbocycles. The summed E-state index contributed by atoms with van der Waals surface area (Å²) in [7, 11) is 1.60. The molecule has 0 spiro atoms. The van der Waals surface area contributed by atoms with E-state index in [4.69, 9.17) is 4.74 Å². The molecule has 0 saturated carbocycles. The van der Waals surface area contributed by atoms with Crippen molar-refractivity contribution in [2.24, 2.45) is 0 Å². The zero-order valence-corrected chi connectivity index (χ0v) is 15.0. The Balaban J connectivity index is 0.00000210. The van der Waals surface area contributed by atoms with Gasteiger partial charge in [0, 0.05) is 18.0 Å². The molecule has 0 atom stereocenters. The zero-order chi connectivity index (χ0) is 17.9. The number of hydrogen-bond acceptors (Lipinski definition) is 6. The maximum Gasteiger partial charge on any atom is 0.258 e. The molecule has 0 bridgehead atoms. The molecule has 136 valence electrons. The van der Waals surface area contributed by atoms with Crippen LogP contribution in [0.15, 0.2) is 55.0 Å². The predicted octanol–water partition coefficient (Wildman–Crippen LogP) is 3.10. The summed E-state index contributed by atoms with van der Waals surface area (Å²) >= 11 is 0. The van der Waals surface area contributed by atoms with Gasteiger partial charge in [0.25, 0.3) is 5.91 Å². The standard InChI is InChI=1S/C18H14N6O2.ClH/c1-26-14-7-3-2-6-12(14)13-10-20-16-15(21-13)17(24-23-16)22-18(25)11-5-4-8-19-9-11;/h2-10H,1H3,(H2,20,22,23,24,25);1H. The molecule has 2 N–H and O–H groups in total. The molecule has 8 nitrogen and oxygen atoms in total. The van der Waals surface area contributed by atoms with Crippen LogP contribution in [0.4, 0.5) is 5.82 Å². The highest BCUT2D eigenvalue weighted by molar-refractivity contribution is 6.06. The molecule has 27 heavy (non-hydrogen) atoms. The van der Waals surface area contributed by atoms with Gasteiger partial charge < -0.3 is 10.1 Å². The van der Waals surface area contributed by atoms with E-state index in [0.29, 0.717) is 34.0 Å². The van der Waals surface area contributed by atoms with Crippen LogP contribution in [0.25, 0.3) is 22.4 Å². The first kappa shape index (κ1) is 18.3. The van der Waals surface area contributed by atoms with Gasteiger partial charge in [-0.3, -0.25) is 14.9 Å². The number of H-pyrrole nitrogens is 1. The van der Waals surface area contributed by atoms with Crippen molar-refractivity contribution in [3.05, 3.63) is 60.6 Å². The fraction of sp³-hybridized carbons (Fsp3) is 0.0556. The predicted molar refractivity (Wildman–Crippen MR) is 103 cm³/mol. The number of methoxy groups -OCH3 is 1. The van der Waals surface area contributed by atoms with Crippen LogP contribution in [-0.2, 0) is 0 Å². The quantitative estimate of drug-likeness (QED) is 0.561. The van der Waals surface area contributed by atoms with Crippen molar-refractivity contribution in [3.63, 3.8) is 0 Å². The Morgan fingerprint density at radius 1 is 1.15 bits per heavy atom. The number of nitrogens with one attached hydrogen (secondary N) is 2. The molecule has 3 heterocycles. The number of benzene rings is 1. The minimum absolute atomic E-state index is 0. The van der Waals surface area contributed by atoms with Crippen LogP contribution in [0, 0.1) is 0 Å². The Labute approximate surface area is 160 Å². The van der Waals surface area contributed by atoms with E-state index in [9.17, 15) is 4.79 Å². The Bertz CT molecular complexity index is 1080. The second-order valence-corrected chi connectivity index (χ2v) is 5.42. The van der Waals surface area contributed by atoms with Crippen LogP contribution in [0.3, 0.4) is 0 Å². The number of nitrogens with zero attached hydrogens (tertiary/aromatic N) is 4. The number of hydrogen-bond donors (Lipinski definition) is 2. The van der Waals surface area contributed by atoms with Crippen molar-refractivity contribution >= 4 is 35.3 Å². The van der Waals surface area contributed by atoms with Gasteiger partial charge in [0.2, 0.25) is 5.65 Å². The number of amides is 1. The number of rotatable bonds is 4. The number of aromatic amines is 1. The molecule has 0 radical (unpaired) electrons. The van der Waals surface area contributed by atoms with Crippen molar-refractivity contribution in [1.29, 1.82) is 0 Å². The number of para-hydroxylation sites is 1. The maximum absolute atomic E-state index is 12.3. The lowest BCUT2D eigenvalue weighted by Crippen LogP contribution is -2.12. The van der Waals surface area contributed by atoms with E-state index >= 15 is 0 Å². The smallest absolute Gasteiger partial charge is 0.258 e. The third kappa shape index (κ3) is 3.56. The molecule has 0 aliphatic rings. The molecule has 0 saturated heterocycles. The second-order valence-electron chi connectivity index (χ2n) is 5.42. The molecule has 1 amide bonds. The highest BCUT2D eigenvalue weighted by Gasteiger charge is 2.15. The summed E-state index contributed by atoms with van der Waals surface area (Å²) in [5.74, 6) is 0.747. The zero-order valence-electron chi connectivity index (χ0n) is 14.2. The lowest BCUT2D eigenvalue weighted by Gasteiger charge is -2.07. The first-order valence-corrected chi connectivity index (χ1v) is 7.82. The van der Waals surface area contributed by atoms with Crippen LogP contribution in [0.1, 0.15) is 10.4 Å². The van der Waals surface area contributed by atoms with Gasteiger partial charge in [-0.15, -0.1) is 12.4 Å². The van der Waals surface area contributed by atoms with E-state index in [1.807, 2.05) is 24.3 Å². The van der Waals surface area contributed by atoms with Crippen molar-refractivity contribution in [3.8, 4) is 17.0 Å². The SMILES string of the molecule is COc1ccccc1-c1cnc2n[nH]c(NC(=O)c3cccnc3)c2n1.Cl. The summed E-state index contributed by atoms with van der Waals surface area (Å²) in [5, 5.41) is 9.60. The monoisotopic (exact) mass is 382 g/mol. The largest absolute Gasteiger partial charge is 0.496 e. The lowest BCUT2D eigenvalue weighted by atomic mass is 10.1. The van der Waals surface area contributed by atoms with Crippen molar-refractivity contribution in [2.75, 3.05) is 12.4 Å². The van der Waals surface area contributed by atoms with Crippen molar-refractivity contribution < 1.29 is 9.53 Å². The molecule has 0 aliphatic heterocycles. The summed E-state index contributed by atoms with van der Waals surface area (Å²) in [6.07, 6.45) is 4.71. The van der Waals surface area contributed by atoms with Gasteiger partial charge in [0.1, 0.15) is 5.75 Å². The molecule has 3 aromatic heterocycles. The fourth-order valence-corrected chi connectivity index (χ4v) is 2.55. The third-order valence-electron chi connectivity index (χ3n) is 3.81. The number of carbonyl (C=O) groups is 1. The maximum atomic E-state index is 12.3. The number of carbonyl (C=O) groups excluding carboxylic acids is 1. The van der Waals surface area contributed by atoms with Gasteiger partial charge in [0.05, 0.1) is 24.6 Å². The number of aromatic nitrogens is 5. The average molecular weight is 383 g/mol. The molecular formula is C18H15ClN6O2. The molecule has 4 aromatic rings. The van der Waals surface area contributed by atoms with E-state index < -0.39 is 0 Å². The van der Waals surface area contributed by atoms with Crippen LogP contribution >= 0.6 is 12.4 Å². The van der Waals surface area contributed by atoms with E-state index in [1.165, 1.54) is 6.20 Å². The van der Waals surface area contributed by atoms with E-state index in [1.54, 1.807) is 31.6 Å². The second kappa shape index (κ2) is 7.79. The number of fused-ring (bicyclic) bond motifs is 1. The topological polar surface area (TPSA) is 106 Å². The summed E-state index contributed by atoms with van der Waals surface area (Å²) in [6.45, 7) is 0. The minimum Gasteiger partial charge on any atom is -0.496 e. The molecule has 0 unspecified atom stereocenters. The number of ether oxygens (including phenoxy) is 1. The molecule has 1 aromatic carbocycles. The van der Waals surface area contributed by atoms with Gasteiger partial charge in [0.15, 0.2) is 11.3 Å². The van der Waals surface area contributed by atoms with Crippen LogP contribution < -0.4 is 10.1 Å². The van der Waals surface area contributed by atoms with Crippen molar-refractivity contribution in [1.82, 2.24) is 25.1 Å². The Kier molecular flexibility index (Phi) is 5.28. The lowest BCUT2D eigenvalue weighted by molar-refractivity contribution is 0.102. The van der Waals surface area contributed by atoms with Gasteiger partial charge in [-0.1, -0.05) is 12.1 Å². The average Bonchev–Trinajstić information content (AvgIpc) is 3.10. The number of pyridine rings is 1. The highest BCUT2D eigenvalue weighted by atomic mass is 35.5. The number of halogens is 1. The first-order chi connectivity index (χ1) is 12.8. The van der Waals surface area contributed by atoms with Gasteiger partial charge >= 0.3 is 0 Å². The molecule has 9 heteroatoms. The Hall–Kier alpha value is -3.52. The Morgan fingerprint density at radius 3 is 2.78 bits per heavy atom. The Morgan fingerprint density at radius 2 is 2.00 bits per heavy atom. The van der Waals surface area contributed by atoms with E-state index in [2.05, 4.69) is 30.5 Å². The van der Waals surface area contributed by atoms with E-state index in [0.717, 1.165) is 5.56 Å². The van der Waals surface area contributed by atoms with Gasteiger partial charge in [-0.05, 0) is 24.3 Å². The third-order valence-corrected chi connectivity index (χ3v) is 3.81. The minimum atomic E-state index is -0.312. The molecule has 0 fully saturated rings. The van der Waals surface area contributed by atoms with Crippen LogP contribution in [0.5, 0.6) is 5.75 Å². The normalized spacial score (nSPS) is 10.3. The van der Waals surface area contributed by atoms with Crippen LogP contribution in [0.2, 0.25) is 0 Å². The first-order valence-electron chi connectivity index (χ1n) is 7.82. The molecular weight excluding hydrogens is 368 g/mol. The fourth-order valence-electron chi connectivity index (χ4n) is 2.55. The van der Waals surface area contributed by atoms with Gasteiger partial charge in [-0.2, -0.15) is 5.10 Å². The number of anilines is 1. The summed E-state index contributed by atoms with van der Waals surface area (Å²) in [5.41, 5.74) is 2.73. The van der Waals surface area contributed by atoms with Crippen LogP contribution in [-0.4, -0.2) is 38.2 Å². The summed E-state index contributed by atoms with van der Waals surface area (Å²) in [6, 6.07) is 10.9. The summed E-state index contributed by atoms with van der Waals surface area (Å²) < 4.78 is 5.38.